The van der Waals surface area contributed by atoms with Crippen molar-refractivity contribution >= 4 is 23.5 Å². The highest BCUT2D eigenvalue weighted by Crippen LogP contribution is 2.38. The third kappa shape index (κ3) is 5.12. The standard InChI is InChI=1S/C21H22ClNO6/c1-13(15-6-3-4-7-17(15)26-2)23-19(24)12-29-21(25)14-10-16(22)20-18(11-14)27-8-5-9-28-20/h3-4,6-7,10-11,13H,5,8-9,12H2,1-2H3,(H,23,24). The molecular weight excluding hydrogens is 398 g/mol. The molecule has 1 N–H and O–H groups in total. The molecule has 2 aromatic carbocycles. The molecule has 0 saturated heterocycles. The number of para-hydroxylation sites is 1. The van der Waals surface area contributed by atoms with Crippen molar-refractivity contribution < 1.29 is 28.5 Å². The average Bonchev–Trinajstić information content (AvgIpc) is 2.97. The first-order chi connectivity index (χ1) is 14.0. The fourth-order valence-electron chi connectivity index (χ4n) is 2.95. The summed E-state index contributed by atoms with van der Waals surface area (Å²) in [4.78, 5) is 24.6. The van der Waals surface area contributed by atoms with Gasteiger partial charge in [0.05, 0.1) is 37.0 Å². The van der Waals surface area contributed by atoms with Crippen LogP contribution in [0, 0.1) is 0 Å². The summed E-state index contributed by atoms with van der Waals surface area (Å²) in [6.45, 7) is 2.34. The summed E-state index contributed by atoms with van der Waals surface area (Å²) in [6.07, 6.45) is 0.718. The van der Waals surface area contributed by atoms with Gasteiger partial charge in [0.15, 0.2) is 18.1 Å². The number of hydrogen-bond acceptors (Lipinski definition) is 6. The molecule has 1 heterocycles. The zero-order valence-electron chi connectivity index (χ0n) is 16.2. The maximum Gasteiger partial charge on any atom is 0.338 e. The van der Waals surface area contributed by atoms with Gasteiger partial charge in [-0.05, 0) is 25.1 Å². The third-order valence-corrected chi connectivity index (χ3v) is 4.64. The maximum atomic E-state index is 12.4. The monoisotopic (exact) mass is 419 g/mol. The molecule has 1 aliphatic rings. The summed E-state index contributed by atoms with van der Waals surface area (Å²) in [5.74, 6) is 0.347. The third-order valence-electron chi connectivity index (χ3n) is 4.36. The van der Waals surface area contributed by atoms with Crippen LogP contribution < -0.4 is 19.5 Å². The molecule has 1 atom stereocenters. The van der Waals surface area contributed by atoms with Crippen LogP contribution in [0.3, 0.4) is 0 Å². The van der Waals surface area contributed by atoms with E-state index in [2.05, 4.69) is 5.32 Å². The summed E-state index contributed by atoms with van der Waals surface area (Å²) in [5, 5.41) is 3.04. The van der Waals surface area contributed by atoms with Crippen LogP contribution in [-0.4, -0.2) is 38.8 Å². The number of halogens is 1. The highest BCUT2D eigenvalue weighted by atomic mass is 35.5. The van der Waals surface area contributed by atoms with Crippen LogP contribution in [0.1, 0.15) is 35.3 Å². The average molecular weight is 420 g/mol. The number of fused-ring (bicyclic) bond motifs is 1. The van der Waals surface area contributed by atoms with E-state index in [-0.39, 0.29) is 16.6 Å². The van der Waals surface area contributed by atoms with Crippen molar-refractivity contribution in [1.82, 2.24) is 5.32 Å². The highest BCUT2D eigenvalue weighted by Gasteiger charge is 2.20. The van der Waals surface area contributed by atoms with Crippen LogP contribution in [0.4, 0.5) is 0 Å². The van der Waals surface area contributed by atoms with Crippen LogP contribution in [0.2, 0.25) is 5.02 Å². The molecule has 7 nitrogen and oxygen atoms in total. The molecule has 0 bridgehead atoms. The summed E-state index contributed by atoms with van der Waals surface area (Å²) in [6, 6.07) is 10.00. The molecule has 0 radical (unpaired) electrons. The van der Waals surface area contributed by atoms with Gasteiger partial charge in [0.25, 0.3) is 5.91 Å². The van der Waals surface area contributed by atoms with Crippen molar-refractivity contribution in [2.75, 3.05) is 26.9 Å². The van der Waals surface area contributed by atoms with Crippen LogP contribution in [0.25, 0.3) is 0 Å². The van der Waals surface area contributed by atoms with Gasteiger partial charge >= 0.3 is 5.97 Å². The van der Waals surface area contributed by atoms with E-state index in [0.717, 1.165) is 12.0 Å². The number of ether oxygens (including phenoxy) is 4. The largest absolute Gasteiger partial charge is 0.496 e. The molecule has 0 saturated carbocycles. The first-order valence-corrected chi connectivity index (χ1v) is 9.56. The molecule has 1 aliphatic heterocycles. The van der Waals surface area contributed by atoms with Gasteiger partial charge < -0.3 is 24.3 Å². The molecule has 0 spiro atoms. The molecule has 0 aliphatic carbocycles. The number of amides is 1. The first kappa shape index (κ1) is 20.8. The lowest BCUT2D eigenvalue weighted by atomic mass is 10.1. The Morgan fingerprint density at radius 3 is 2.76 bits per heavy atom. The molecule has 2 aromatic rings. The van der Waals surface area contributed by atoms with Gasteiger partial charge in [-0.15, -0.1) is 0 Å². The van der Waals surface area contributed by atoms with E-state index < -0.39 is 18.5 Å². The minimum atomic E-state index is -0.678. The van der Waals surface area contributed by atoms with Crippen LogP contribution in [-0.2, 0) is 9.53 Å². The molecule has 8 heteroatoms. The lowest BCUT2D eigenvalue weighted by molar-refractivity contribution is -0.124. The normalized spacial score (nSPS) is 13.8. The van der Waals surface area contributed by atoms with Crippen molar-refractivity contribution in [3.05, 3.63) is 52.5 Å². The van der Waals surface area contributed by atoms with Gasteiger partial charge in [-0.2, -0.15) is 0 Å². The van der Waals surface area contributed by atoms with Crippen molar-refractivity contribution in [1.29, 1.82) is 0 Å². The van der Waals surface area contributed by atoms with E-state index >= 15 is 0 Å². The summed E-state index contributed by atoms with van der Waals surface area (Å²) >= 11 is 6.19. The first-order valence-electron chi connectivity index (χ1n) is 9.18. The van der Waals surface area contributed by atoms with E-state index in [0.29, 0.717) is 30.5 Å². The van der Waals surface area contributed by atoms with Crippen molar-refractivity contribution in [2.24, 2.45) is 0 Å². The lowest BCUT2D eigenvalue weighted by Crippen LogP contribution is -2.31. The molecule has 1 unspecified atom stereocenters. The second-order valence-corrected chi connectivity index (χ2v) is 6.85. The van der Waals surface area contributed by atoms with Gasteiger partial charge in [-0.3, -0.25) is 4.79 Å². The van der Waals surface area contributed by atoms with E-state index in [1.807, 2.05) is 31.2 Å². The summed E-state index contributed by atoms with van der Waals surface area (Å²) in [7, 11) is 1.57. The van der Waals surface area contributed by atoms with E-state index in [1.54, 1.807) is 7.11 Å². The Bertz CT molecular complexity index is 901. The number of hydrogen-bond donors (Lipinski definition) is 1. The number of methoxy groups -OCH3 is 1. The number of carbonyl (C=O) groups is 2. The lowest BCUT2D eigenvalue weighted by Gasteiger charge is -2.17. The number of benzene rings is 2. The topological polar surface area (TPSA) is 83.1 Å². The second kappa shape index (κ2) is 9.52. The molecular formula is C21H22ClNO6. The van der Waals surface area contributed by atoms with E-state index in [9.17, 15) is 9.59 Å². The Kier molecular flexibility index (Phi) is 6.82. The molecule has 29 heavy (non-hydrogen) atoms. The van der Waals surface area contributed by atoms with Crippen LogP contribution >= 0.6 is 11.6 Å². The Labute approximate surface area is 173 Å². The van der Waals surface area contributed by atoms with Crippen molar-refractivity contribution in [3.8, 4) is 17.2 Å². The van der Waals surface area contributed by atoms with Gasteiger partial charge in [0, 0.05) is 12.0 Å². The second-order valence-electron chi connectivity index (χ2n) is 6.44. The SMILES string of the molecule is COc1ccccc1C(C)NC(=O)COC(=O)c1cc(Cl)c2c(c1)OCCCO2. The number of nitrogens with one attached hydrogen (secondary N) is 1. The Morgan fingerprint density at radius 1 is 1.21 bits per heavy atom. The number of rotatable bonds is 6. The van der Waals surface area contributed by atoms with E-state index in [1.165, 1.54) is 12.1 Å². The Balaban J connectivity index is 1.60. The molecule has 0 fully saturated rings. The summed E-state index contributed by atoms with van der Waals surface area (Å²) < 4.78 is 21.5. The predicted molar refractivity (Wildman–Crippen MR) is 107 cm³/mol. The molecule has 0 aromatic heterocycles. The predicted octanol–water partition coefficient (Wildman–Crippen LogP) is 3.54. The van der Waals surface area contributed by atoms with Crippen molar-refractivity contribution in [2.45, 2.75) is 19.4 Å². The fraction of sp³-hybridized carbons (Fsp3) is 0.333. The van der Waals surface area contributed by atoms with Gasteiger partial charge in [-0.25, -0.2) is 4.79 Å². The Morgan fingerprint density at radius 2 is 1.97 bits per heavy atom. The Hall–Kier alpha value is -2.93. The zero-order valence-corrected chi connectivity index (χ0v) is 17.0. The smallest absolute Gasteiger partial charge is 0.338 e. The number of carbonyl (C=O) groups excluding carboxylic acids is 2. The minimum Gasteiger partial charge on any atom is -0.496 e. The quantitative estimate of drug-likeness (QED) is 0.721. The van der Waals surface area contributed by atoms with Gasteiger partial charge in [-0.1, -0.05) is 29.8 Å². The van der Waals surface area contributed by atoms with Crippen molar-refractivity contribution in [3.63, 3.8) is 0 Å². The minimum absolute atomic E-state index is 0.185. The molecule has 3 rings (SSSR count). The highest BCUT2D eigenvalue weighted by molar-refractivity contribution is 6.32. The molecule has 1 amide bonds. The maximum absolute atomic E-state index is 12.4. The van der Waals surface area contributed by atoms with E-state index in [4.69, 9.17) is 30.5 Å². The van der Waals surface area contributed by atoms with Crippen LogP contribution in [0.5, 0.6) is 17.2 Å². The van der Waals surface area contributed by atoms with Gasteiger partial charge in [0.1, 0.15) is 5.75 Å². The summed E-state index contributed by atoms with van der Waals surface area (Å²) in [5.41, 5.74) is 1.01. The fourth-order valence-corrected chi connectivity index (χ4v) is 3.21. The number of esters is 1. The van der Waals surface area contributed by atoms with Gasteiger partial charge in [0.2, 0.25) is 0 Å². The zero-order chi connectivity index (χ0) is 20.8. The molecule has 154 valence electrons. The van der Waals surface area contributed by atoms with Crippen LogP contribution in [0.15, 0.2) is 36.4 Å².